The van der Waals surface area contributed by atoms with Crippen molar-refractivity contribution >= 4 is 47.2 Å². The molecule has 1 fully saturated rings. The molecule has 10 heteroatoms. The van der Waals surface area contributed by atoms with E-state index in [-0.39, 0.29) is 36.0 Å². The zero-order chi connectivity index (χ0) is 21.2. The number of carbonyl (C=O) groups excluding carboxylic acids is 1. The average molecular weight is 553 g/mol. The molecule has 30 heavy (non-hydrogen) atoms. The molecule has 2 rings (SSSR count). The molecule has 172 valence electrons. The summed E-state index contributed by atoms with van der Waals surface area (Å²) in [5, 5.41) is 7.56. The summed E-state index contributed by atoms with van der Waals surface area (Å²) in [6, 6.07) is -0.0484. The van der Waals surface area contributed by atoms with Gasteiger partial charge >= 0.3 is 5.97 Å². The maximum Gasteiger partial charge on any atom is 0.350 e. The van der Waals surface area contributed by atoms with Crippen LogP contribution in [0.5, 0.6) is 0 Å². The fourth-order valence-electron chi connectivity index (χ4n) is 3.21. The van der Waals surface area contributed by atoms with Crippen molar-refractivity contribution in [2.24, 2.45) is 4.99 Å². The number of piperazine rings is 1. The topological polar surface area (TPSA) is 82.1 Å². The second-order valence-electron chi connectivity index (χ2n) is 7.09. The van der Waals surface area contributed by atoms with E-state index >= 15 is 0 Å². The van der Waals surface area contributed by atoms with Crippen LogP contribution in [-0.4, -0.2) is 85.7 Å². The second-order valence-corrected chi connectivity index (χ2v) is 8.12. The summed E-state index contributed by atoms with van der Waals surface area (Å²) in [5.41, 5.74) is 0.713. The second kappa shape index (κ2) is 14.2. The van der Waals surface area contributed by atoms with E-state index in [1.165, 1.54) is 11.3 Å². The number of aliphatic imine (C=N–C) groups is 1. The monoisotopic (exact) mass is 552 g/mol. The van der Waals surface area contributed by atoms with Crippen molar-refractivity contribution in [3.8, 4) is 0 Å². The van der Waals surface area contributed by atoms with Crippen LogP contribution in [-0.2, 0) is 4.74 Å². The third kappa shape index (κ3) is 8.27. The van der Waals surface area contributed by atoms with Crippen LogP contribution in [0.15, 0.2) is 4.99 Å². The molecule has 1 aliphatic rings. The van der Waals surface area contributed by atoms with E-state index in [0.717, 1.165) is 63.3 Å². The lowest BCUT2D eigenvalue weighted by atomic mass is 10.3. The Morgan fingerprint density at radius 2 is 1.90 bits per heavy atom. The van der Waals surface area contributed by atoms with Gasteiger partial charge < -0.3 is 20.3 Å². The van der Waals surface area contributed by atoms with Gasteiger partial charge in [-0.2, -0.15) is 0 Å². The van der Waals surface area contributed by atoms with Crippen molar-refractivity contribution in [2.75, 3.05) is 59.0 Å². The van der Waals surface area contributed by atoms with Crippen LogP contribution < -0.4 is 10.6 Å². The standard InChI is InChI=1S/C20H36N6O2S.HI/c1-6-21-20(22-9-10-26-13-11-25(7-2)12-14-26)24-16(5)18-23-15(4)17(29-18)19(27)28-8-3;/h16H,6-14H2,1-5H3,(H2,21,22,24);1H. The summed E-state index contributed by atoms with van der Waals surface area (Å²) in [6.45, 7) is 18.5. The number of halogens is 1. The van der Waals surface area contributed by atoms with E-state index in [1.807, 2.05) is 20.8 Å². The Kier molecular flexibility index (Phi) is 12.8. The molecule has 1 saturated heterocycles. The first-order chi connectivity index (χ1) is 14.0. The van der Waals surface area contributed by atoms with Crippen LogP contribution in [0.2, 0.25) is 0 Å². The van der Waals surface area contributed by atoms with Crippen LogP contribution in [0.25, 0.3) is 0 Å². The van der Waals surface area contributed by atoms with E-state index in [2.05, 4.69) is 39.3 Å². The van der Waals surface area contributed by atoms with Crippen LogP contribution in [0.4, 0.5) is 0 Å². The Morgan fingerprint density at radius 3 is 2.50 bits per heavy atom. The van der Waals surface area contributed by atoms with Gasteiger partial charge in [0.2, 0.25) is 0 Å². The molecule has 0 spiro atoms. The number of guanidine groups is 1. The van der Waals surface area contributed by atoms with Crippen LogP contribution >= 0.6 is 35.3 Å². The molecule has 2 N–H and O–H groups in total. The molecule has 1 unspecified atom stereocenters. The normalized spacial score (nSPS) is 16.6. The number of nitrogens with zero attached hydrogens (tertiary/aromatic N) is 4. The molecule has 2 heterocycles. The lowest BCUT2D eigenvalue weighted by Gasteiger charge is -2.33. The van der Waals surface area contributed by atoms with Crippen LogP contribution in [0.3, 0.4) is 0 Å². The number of likely N-dealkylation sites (N-methyl/N-ethyl adjacent to an activating group) is 1. The maximum atomic E-state index is 12.0. The highest BCUT2D eigenvalue weighted by molar-refractivity contribution is 14.0. The van der Waals surface area contributed by atoms with E-state index in [9.17, 15) is 4.79 Å². The first-order valence-corrected chi connectivity index (χ1v) is 11.4. The minimum absolute atomic E-state index is 0. The Morgan fingerprint density at radius 1 is 1.23 bits per heavy atom. The summed E-state index contributed by atoms with van der Waals surface area (Å²) in [7, 11) is 0. The number of ether oxygens (including phenoxy) is 1. The lowest BCUT2D eigenvalue weighted by Crippen LogP contribution is -2.47. The maximum absolute atomic E-state index is 12.0. The van der Waals surface area contributed by atoms with Gasteiger partial charge in [0.1, 0.15) is 9.88 Å². The fourth-order valence-corrected chi connectivity index (χ4v) is 4.17. The highest BCUT2D eigenvalue weighted by Gasteiger charge is 2.20. The smallest absolute Gasteiger partial charge is 0.350 e. The van der Waals surface area contributed by atoms with Gasteiger partial charge in [0.05, 0.1) is 24.9 Å². The van der Waals surface area contributed by atoms with Crippen LogP contribution in [0, 0.1) is 6.92 Å². The number of carbonyl (C=O) groups is 1. The zero-order valence-corrected chi connectivity index (χ0v) is 22.0. The van der Waals surface area contributed by atoms with Crippen molar-refractivity contribution in [2.45, 2.75) is 40.7 Å². The molecule has 1 aromatic heterocycles. The molecule has 8 nitrogen and oxygen atoms in total. The molecule has 0 bridgehead atoms. The molecule has 0 amide bonds. The number of aromatic nitrogens is 1. The number of nitrogens with one attached hydrogen (secondary N) is 2. The minimum atomic E-state index is -0.301. The van der Waals surface area contributed by atoms with Crippen molar-refractivity contribution < 1.29 is 9.53 Å². The van der Waals surface area contributed by atoms with E-state index in [4.69, 9.17) is 9.73 Å². The van der Waals surface area contributed by atoms with Crippen molar-refractivity contribution in [3.63, 3.8) is 0 Å². The number of hydrogen-bond acceptors (Lipinski definition) is 7. The van der Waals surface area contributed by atoms with E-state index in [0.29, 0.717) is 17.2 Å². The van der Waals surface area contributed by atoms with Gasteiger partial charge in [-0.05, 0) is 34.2 Å². The largest absolute Gasteiger partial charge is 0.462 e. The quantitative estimate of drug-likeness (QED) is 0.211. The van der Waals surface area contributed by atoms with Crippen molar-refractivity contribution in [1.82, 2.24) is 25.4 Å². The minimum Gasteiger partial charge on any atom is -0.462 e. The van der Waals surface area contributed by atoms with Gasteiger partial charge in [-0.1, -0.05) is 6.92 Å². The Bertz CT molecular complexity index is 676. The third-order valence-electron chi connectivity index (χ3n) is 4.94. The molecule has 0 aromatic carbocycles. The SMILES string of the molecule is CCNC(=NCCN1CCN(CC)CC1)NC(C)c1nc(C)c(C(=O)OCC)s1.I. The number of thiazole rings is 1. The van der Waals surface area contributed by atoms with Crippen molar-refractivity contribution in [1.29, 1.82) is 0 Å². The summed E-state index contributed by atoms with van der Waals surface area (Å²) in [4.78, 5) is 26.9. The van der Waals surface area contributed by atoms with Crippen molar-refractivity contribution in [3.05, 3.63) is 15.6 Å². The average Bonchev–Trinajstić information content (AvgIpc) is 3.11. The molecular formula is C20H37IN6O2S. The molecule has 1 aromatic rings. The Hall–Kier alpha value is -0.980. The van der Waals surface area contributed by atoms with Gasteiger partial charge in [-0.3, -0.25) is 9.89 Å². The predicted molar refractivity (Wildman–Crippen MR) is 134 cm³/mol. The molecule has 0 radical (unpaired) electrons. The lowest BCUT2D eigenvalue weighted by molar-refractivity contribution is 0.0531. The molecule has 1 aliphatic heterocycles. The first-order valence-electron chi connectivity index (χ1n) is 10.6. The van der Waals surface area contributed by atoms with Gasteiger partial charge in [0.15, 0.2) is 5.96 Å². The number of esters is 1. The van der Waals surface area contributed by atoms with Gasteiger partial charge in [-0.15, -0.1) is 35.3 Å². The zero-order valence-electron chi connectivity index (χ0n) is 18.9. The summed E-state index contributed by atoms with van der Waals surface area (Å²) in [5.74, 6) is 0.474. The first kappa shape index (κ1) is 27.1. The summed E-state index contributed by atoms with van der Waals surface area (Å²) in [6.07, 6.45) is 0. The van der Waals surface area contributed by atoms with Crippen LogP contribution in [0.1, 0.15) is 54.1 Å². The molecular weight excluding hydrogens is 515 g/mol. The Labute approximate surface area is 201 Å². The summed E-state index contributed by atoms with van der Waals surface area (Å²) >= 11 is 1.38. The highest BCUT2D eigenvalue weighted by atomic mass is 127. The van der Waals surface area contributed by atoms with Gasteiger partial charge in [0, 0.05) is 39.3 Å². The summed E-state index contributed by atoms with van der Waals surface area (Å²) < 4.78 is 5.11. The highest BCUT2D eigenvalue weighted by Crippen LogP contribution is 2.24. The van der Waals surface area contributed by atoms with E-state index in [1.54, 1.807) is 0 Å². The number of rotatable bonds is 9. The third-order valence-corrected chi connectivity index (χ3v) is 6.26. The fraction of sp³-hybridized carbons (Fsp3) is 0.750. The molecule has 0 saturated carbocycles. The predicted octanol–water partition coefficient (Wildman–Crippen LogP) is 2.50. The van der Waals surface area contributed by atoms with Gasteiger partial charge in [-0.25, -0.2) is 9.78 Å². The van der Waals surface area contributed by atoms with E-state index < -0.39 is 0 Å². The molecule has 1 atom stereocenters. The molecule has 0 aliphatic carbocycles. The number of hydrogen-bond donors (Lipinski definition) is 2. The Balaban J connectivity index is 0.00000450. The number of aryl methyl sites for hydroxylation is 1. The van der Waals surface area contributed by atoms with Gasteiger partial charge in [0.25, 0.3) is 0 Å².